The van der Waals surface area contributed by atoms with Crippen LogP contribution in [-0.2, 0) is 11.2 Å². The molecule has 0 bridgehead atoms. The van der Waals surface area contributed by atoms with Gasteiger partial charge in [-0.25, -0.2) is 0 Å². The molecule has 21 heavy (non-hydrogen) atoms. The summed E-state index contributed by atoms with van der Waals surface area (Å²) in [5.74, 6) is 0.593. The molecule has 120 valence electrons. The van der Waals surface area contributed by atoms with Crippen molar-refractivity contribution < 1.29 is 27.4 Å². The van der Waals surface area contributed by atoms with E-state index in [4.69, 9.17) is 26.8 Å². The minimum Gasteiger partial charge on any atom is -0.493 e. The third-order valence-corrected chi connectivity index (χ3v) is 2.63. The third-order valence-electron chi connectivity index (χ3n) is 2.41. The molecule has 8 heteroatoms. The highest BCUT2D eigenvalue weighted by molar-refractivity contribution is 6.30. The molecule has 0 spiro atoms. The number of hydrogen-bond acceptors (Lipinski definition) is 4. The maximum atomic E-state index is 12.0. The van der Waals surface area contributed by atoms with Gasteiger partial charge >= 0.3 is 6.18 Å². The number of nitrogens with two attached hydrogens (primary N) is 1. The van der Waals surface area contributed by atoms with Gasteiger partial charge in [-0.2, -0.15) is 13.2 Å². The summed E-state index contributed by atoms with van der Waals surface area (Å²) >= 11 is 5.95. The molecule has 0 fully saturated rings. The SMILES string of the molecule is COc1cc(Cl)cc(CC(C)N)c1OCOCC(F)(F)F. The van der Waals surface area contributed by atoms with Gasteiger partial charge in [-0.15, -0.1) is 0 Å². The maximum Gasteiger partial charge on any atom is 0.411 e. The van der Waals surface area contributed by atoms with Crippen LogP contribution in [0, 0.1) is 0 Å². The lowest BCUT2D eigenvalue weighted by Crippen LogP contribution is -2.20. The van der Waals surface area contributed by atoms with Crippen LogP contribution in [0.5, 0.6) is 11.5 Å². The van der Waals surface area contributed by atoms with Gasteiger partial charge in [0.15, 0.2) is 18.3 Å². The fourth-order valence-electron chi connectivity index (χ4n) is 1.69. The highest BCUT2D eigenvalue weighted by Gasteiger charge is 2.27. The standard InChI is InChI=1S/C13H17ClF3NO3/c1-8(18)3-9-4-10(14)5-11(19-2)12(9)21-7-20-6-13(15,16)17/h4-5,8H,3,6-7,18H2,1-2H3. The average molecular weight is 328 g/mol. The normalized spacial score (nSPS) is 13.1. The summed E-state index contributed by atoms with van der Waals surface area (Å²) in [6.45, 7) is -0.147. The van der Waals surface area contributed by atoms with Crippen molar-refractivity contribution in [3.05, 3.63) is 22.7 Å². The number of ether oxygens (including phenoxy) is 3. The van der Waals surface area contributed by atoms with E-state index >= 15 is 0 Å². The molecule has 0 saturated heterocycles. The van der Waals surface area contributed by atoms with Crippen molar-refractivity contribution in [2.24, 2.45) is 5.73 Å². The van der Waals surface area contributed by atoms with Crippen molar-refractivity contribution >= 4 is 11.6 Å². The maximum absolute atomic E-state index is 12.0. The molecule has 4 nitrogen and oxygen atoms in total. The lowest BCUT2D eigenvalue weighted by molar-refractivity contribution is -0.186. The van der Waals surface area contributed by atoms with E-state index in [-0.39, 0.29) is 11.8 Å². The summed E-state index contributed by atoms with van der Waals surface area (Å²) in [7, 11) is 1.41. The van der Waals surface area contributed by atoms with E-state index in [1.807, 2.05) is 0 Å². The third kappa shape index (κ3) is 6.41. The minimum absolute atomic E-state index is 0.174. The van der Waals surface area contributed by atoms with Crippen LogP contribution in [0.3, 0.4) is 0 Å². The molecule has 1 unspecified atom stereocenters. The minimum atomic E-state index is -4.40. The summed E-state index contributed by atoms with van der Waals surface area (Å²) < 4.78 is 50.8. The Balaban J connectivity index is 2.82. The van der Waals surface area contributed by atoms with Gasteiger partial charge in [0.2, 0.25) is 0 Å². The molecule has 0 radical (unpaired) electrons. The summed E-state index contributed by atoms with van der Waals surface area (Å²) in [5.41, 5.74) is 6.37. The van der Waals surface area contributed by atoms with Crippen LogP contribution in [-0.4, -0.2) is 32.7 Å². The molecular formula is C13H17ClF3NO3. The molecule has 2 N–H and O–H groups in total. The fourth-order valence-corrected chi connectivity index (χ4v) is 1.93. The molecule has 0 amide bonds. The van der Waals surface area contributed by atoms with Crippen LogP contribution in [0.4, 0.5) is 13.2 Å². The van der Waals surface area contributed by atoms with Crippen LogP contribution in [0.1, 0.15) is 12.5 Å². The van der Waals surface area contributed by atoms with E-state index in [2.05, 4.69) is 4.74 Å². The second-order valence-electron chi connectivity index (χ2n) is 4.50. The number of methoxy groups -OCH3 is 1. The van der Waals surface area contributed by atoms with E-state index in [1.165, 1.54) is 13.2 Å². The molecule has 0 aliphatic carbocycles. The van der Waals surface area contributed by atoms with Gasteiger partial charge in [-0.05, 0) is 19.4 Å². The number of alkyl halides is 3. The molecule has 1 aromatic rings. The zero-order chi connectivity index (χ0) is 16.0. The Morgan fingerprint density at radius 1 is 1.33 bits per heavy atom. The van der Waals surface area contributed by atoms with Crippen molar-refractivity contribution in [1.82, 2.24) is 0 Å². The molecule has 0 heterocycles. The summed E-state index contributed by atoms with van der Waals surface area (Å²) in [6.07, 6.45) is -3.96. The second kappa shape index (κ2) is 7.72. The van der Waals surface area contributed by atoms with Crippen LogP contribution >= 0.6 is 11.6 Å². The Kier molecular flexibility index (Phi) is 6.57. The van der Waals surface area contributed by atoms with Crippen molar-refractivity contribution in [2.45, 2.75) is 25.6 Å². The molecule has 0 aromatic heterocycles. The molecule has 1 aromatic carbocycles. The van der Waals surface area contributed by atoms with Crippen LogP contribution < -0.4 is 15.2 Å². The van der Waals surface area contributed by atoms with Gasteiger partial charge in [0.05, 0.1) is 7.11 Å². The largest absolute Gasteiger partial charge is 0.493 e. The van der Waals surface area contributed by atoms with Crippen molar-refractivity contribution in [3.8, 4) is 11.5 Å². The van der Waals surface area contributed by atoms with E-state index in [9.17, 15) is 13.2 Å². The molecule has 0 aliphatic heterocycles. The van der Waals surface area contributed by atoms with E-state index < -0.39 is 19.6 Å². The molecular weight excluding hydrogens is 311 g/mol. The van der Waals surface area contributed by atoms with E-state index in [0.29, 0.717) is 22.8 Å². The quantitative estimate of drug-likeness (QED) is 0.617. The van der Waals surface area contributed by atoms with Crippen molar-refractivity contribution in [3.63, 3.8) is 0 Å². The number of halogens is 4. The first-order chi connectivity index (χ1) is 9.73. The lowest BCUT2D eigenvalue weighted by atomic mass is 10.1. The lowest BCUT2D eigenvalue weighted by Gasteiger charge is -2.17. The van der Waals surface area contributed by atoms with Gasteiger partial charge in [-0.1, -0.05) is 11.6 Å². The van der Waals surface area contributed by atoms with E-state index in [1.54, 1.807) is 13.0 Å². The molecule has 1 atom stereocenters. The highest BCUT2D eigenvalue weighted by Crippen LogP contribution is 2.35. The Hall–Kier alpha value is -1.18. The van der Waals surface area contributed by atoms with Crippen LogP contribution in [0.15, 0.2) is 12.1 Å². The smallest absolute Gasteiger partial charge is 0.411 e. The molecule has 1 rings (SSSR count). The van der Waals surface area contributed by atoms with Crippen molar-refractivity contribution in [2.75, 3.05) is 20.5 Å². The van der Waals surface area contributed by atoms with E-state index in [0.717, 1.165) is 0 Å². The van der Waals surface area contributed by atoms with Gasteiger partial charge in [-0.3, -0.25) is 0 Å². The predicted octanol–water partition coefficient (Wildman–Crippen LogP) is 3.15. The summed E-state index contributed by atoms with van der Waals surface area (Å²) in [5, 5.41) is 0.422. The highest BCUT2D eigenvalue weighted by atomic mass is 35.5. The fraction of sp³-hybridized carbons (Fsp3) is 0.538. The Morgan fingerprint density at radius 2 is 2.00 bits per heavy atom. The predicted molar refractivity (Wildman–Crippen MR) is 72.9 cm³/mol. The Labute approximate surface area is 125 Å². The zero-order valence-corrected chi connectivity index (χ0v) is 12.4. The van der Waals surface area contributed by atoms with Gasteiger partial charge in [0, 0.05) is 22.7 Å². The number of hydrogen-bond donors (Lipinski definition) is 1. The zero-order valence-electron chi connectivity index (χ0n) is 11.7. The Morgan fingerprint density at radius 3 is 2.52 bits per heavy atom. The average Bonchev–Trinajstić information content (AvgIpc) is 2.33. The Bertz CT molecular complexity index is 467. The monoisotopic (exact) mass is 327 g/mol. The summed E-state index contributed by atoms with van der Waals surface area (Å²) in [6, 6.07) is 2.96. The number of benzene rings is 1. The summed E-state index contributed by atoms with van der Waals surface area (Å²) in [4.78, 5) is 0. The topological polar surface area (TPSA) is 53.7 Å². The first-order valence-electron chi connectivity index (χ1n) is 6.12. The van der Waals surface area contributed by atoms with Gasteiger partial charge in [0.1, 0.15) is 6.61 Å². The first-order valence-corrected chi connectivity index (χ1v) is 6.50. The van der Waals surface area contributed by atoms with Crippen LogP contribution in [0.25, 0.3) is 0 Å². The van der Waals surface area contributed by atoms with Crippen molar-refractivity contribution in [1.29, 1.82) is 0 Å². The first kappa shape index (κ1) is 17.9. The van der Waals surface area contributed by atoms with Gasteiger partial charge in [0.25, 0.3) is 0 Å². The molecule has 0 saturated carbocycles. The number of rotatable bonds is 7. The molecule has 0 aliphatic rings. The second-order valence-corrected chi connectivity index (χ2v) is 4.94. The van der Waals surface area contributed by atoms with Crippen LogP contribution in [0.2, 0.25) is 5.02 Å². The van der Waals surface area contributed by atoms with Gasteiger partial charge < -0.3 is 19.9 Å².